The lowest BCUT2D eigenvalue weighted by molar-refractivity contribution is -0.120. The van der Waals surface area contributed by atoms with E-state index in [9.17, 15) is 9.59 Å². The highest BCUT2D eigenvalue weighted by Crippen LogP contribution is 2.21. The van der Waals surface area contributed by atoms with Crippen molar-refractivity contribution in [3.8, 4) is 0 Å². The molecule has 0 unspecified atom stereocenters. The third-order valence-electron chi connectivity index (χ3n) is 3.12. The van der Waals surface area contributed by atoms with E-state index in [4.69, 9.17) is 5.11 Å². The Morgan fingerprint density at radius 3 is 2.58 bits per heavy atom. The van der Waals surface area contributed by atoms with Gasteiger partial charge in [-0.1, -0.05) is 15.9 Å². The first-order chi connectivity index (χ1) is 9.06. The number of nitrogens with one attached hydrogen (secondary N) is 2. The van der Waals surface area contributed by atoms with Crippen LogP contribution in [0.3, 0.4) is 0 Å². The molecular formula is C13H15BrN2O3. The van der Waals surface area contributed by atoms with Crippen molar-refractivity contribution in [2.24, 2.45) is 5.92 Å². The Kier molecular flexibility index (Phi) is 4.55. The van der Waals surface area contributed by atoms with E-state index in [1.807, 2.05) is 0 Å². The van der Waals surface area contributed by atoms with Crippen molar-refractivity contribution >= 4 is 33.5 Å². The molecular weight excluding hydrogens is 312 g/mol. The normalized spacial score (nSPS) is 16.1. The molecule has 0 aromatic heterocycles. The molecule has 1 heterocycles. The van der Waals surface area contributed by atoms with Crippen LogP contribution in [0.25, 0.3) is 0 Å². The quantitative estimate of drug-likeness (QED) is 0.794. The second-order valence-corrected chi connectivity index (χ2v) is 5.46. The van der Waals surface area contributed by atoms with Crippen LogP contribution in [0.2, 0.25) is 0 Å². The molecule has 102 valence electrons. The van der Waals surface area contributed by atoms with Crippen LogP contribution >= 0.6 is 15.9 Å². The molecule has 5 nitrogen and oxygen atoms in total. The first-order valence-corrected chi connectivity index (χ1v) is 6.91. The Balaban J connectivity index is 2.09. The number of carbonyl (C=O) groups excluding carboxylic acids is 1. The van der Waals surface area contributed by atoms with Gasteiger partial charge in [0.1, 0.15) is 0 Å². The monoisotopic (exact) mass is 326 g/mol. The summed E-state index contributed by atoms with van der Waals surface area (Å²) in [6.07, 6.45) is 1.62. The standard InChI is InChI=1S/C13H15BrN2O3/c14-10-5-9(13(18)19)6-11(7-10)16-12(17)8-1-3-15-4-2-8/h5-8,15H,1-4H2,(H,16,17)(H,18,19). The van der Waals surface area contributed by atoms with Gasteiger partial charge in [0.25, 0.3) is 0 Å². The Bertz CT molecular complexity index is 499. The zero-order chi connectivity index (χ0) is 13.8. The number of rotatable bonds is 3. The number of aromatic carboxylic acids is 1. The summed E-state index contributed by atoms with van der Waals surface area (Å²) in [5, 5.41) is 15.0. The van der Waals surface area contributed by atoms with E-state index in [0.29, 0.717) is 10.2 Å². The fraction of sp³-hybridized carbons (Fsp3) is 0.385. The summed E-state index contributed by atoms with van der Waals surface area (Å²) in [4.78, 5) is 23.0. The number of anilines is 1. The van der Waals surface area contributed by atoms with E-state index in [1.54, 1.807) is 6.07 Å². The zero-order valence-corrected chi connectivity index (χ0v) is 11.9. The Hall–Kier alpha value is -1.40. The first-order valence-electron chi connectivity index (χ1n) is 6.12. The number of carboxylic acids is 1. The largest absolute Gasteiger partial charge is 0.478 e. The molecule has 1 fully saturated rings. The SMILES string of the molecule is O=C(O)c1cc(Br)cc(NC(=O)C2CCNCC2)c1. The summed E-state index contributed by atoms with van der Waals surface area (Å²) in [6, 6.07) is 4.67. The van der Waals surface area contributed by atoms with Gasteiger partial charge in [0.05, 0.1) is 5.56 Å². The third-order valence-corrected chi connectivity index (χ3v) is 3.58. The summed E-state index contributed by atoms with van der Waals surface area (Å²) in [6.45, 7) is 1.69. The van der Waals surface area contributed by atoms with Gasteiger partial charge in [-0.15, -0.1) is 0 Å². The summed E-state index contributed by atoms with van der Waals surface area (Å²) >= 11 is 3.24. The Morgan fingerprint density at radius 1 is 1.26 bits per heavy atom. The molecule has 1 amide bonds. The molecule has 2 rings (SSSR count). The van der Waals surface area contributed by atoms with E-state index in [1.165, 1.54) is 12.1 Å². The van der Waals surface area contributed by atoms with Gasteiger partial charge in [0.2, 0.25) is 5.91 Å². The van der Waals surface area contributed by atoms with Crippen LogP contribution in [-0.2, 0) is 4.79 Å². The number of hydrogen-bond donors (Lipinski definition) is 3. The molecule has 19 heavy (non-hydrogen) atoms. The molecule has 1 aromatic carbocycles. The molecule has 0 bridgehead atoms. The molecule has 1 aromatic rings. The van der Waals surface area contributed by atoms with Gasteiger partial charge in [-0.3, -0.25) is 4.79 Å². The van der Waals surface area contributed by atoms with Crippen molar-refractivity contribution in [1.29, 1.82) is 0 Å². The predicted molar refractivity (Wildman–Crippen MR) is 75.3 cm³/mol. The second-order valence-electron chi connectivity index (χ2n) is 4.55. The van der Waals surface area contributed by atoms with Crippen molar-refractivity contribution in [2.75, 3.05) is 18.4 Å². The summed E-state index contributed by atoms with van der Waals surface area (Å²) in [7, 11) is 0. The maximum absolute atomic E-state index is 12.1. The molecule has 1 saturated heterocycles. The molecule has 0 aliphatic carbocycles. The van der Waals surface area contributed by atoms with Gasteiger partial charge in [-0.05, 0) is 44.1 Å². The minimum atomic E-state index is -1.02. The molecule has 0 atom stereocenters. The smallest absolute Gasteiger partial charge is 0.335 e. The highest BCUT2D eigenvalue weighted by molar-refractivity contribution is 9.10. The topological polar surface area (TPSA) is 78.4 Å². The van der Waals surface area contributed by atoms with Gasteiger partial charge in [0, 0.05) is 16.1 Å². The average molecular weight is 327 g/mol. The van der Waals surface area contributed by atoms with Crippen LogP contribution in [0.1, 0.15) is 23.2 Å². The molecule has 6 heteroatoms. The Morgan fingerprint density at radius 2 is 1.95 bits per heavy atom. The van der Waals surface area contributed by atoms with E-state index < -0.39 is 5.97 Å². The highest BCUT2D eigenvalue weighted by atomic mass is 79.9. The Labute approximate surface area is 119 Å². The van der Waals surface area contributed by atoms with Crippen LogP contribution in [0.15, 0.2) is 22.7 Å². The lowest BCUT2D eigenvalue weighted by Gasteiger charge is -2.21. The van der Waals surface area contributed by atoms with Crippen molar-refractivity contribution < 1.29 is 14.7 Å². The zero-order valence-electron chi connectivity index (χ0n) is 10.3. The molecule has 3 N–H and O–H groups in total. The van der Waals surface area contributed by atoms with E-state index in [-0.39, 0.29) is 17.4 Å². The van der Waals surface area contributed by atoms with Crippen LogP contribution < -0.4 is 10.6 Å². The minimum Gasteiger partial charge on any atom is -0.478 e. The van der Waals surface area contributed by atoms with E-state index >= 15 is 0 Å². The van der Waals surface area contributed by atoms with E-state index in [0.717, 1.165) is 25.9 Å². The van der Waals surface area contributed by atoms with Gasteiger partial charge in [0.15, 0.2) is 0 Å². The molecule has 1 aliphatic rings. The van der Waals surface area contributed by atoms with Gasteiger partial charge in [-0.25, -0.2) is 4.79 Å². The van der Waals surface area contributed by atoms with Crippen LogP contribution in [0.4, 0.5) is 5.69 Å². The lowest BCUT2D eigenvalue weighted by Crippen LogP contribution is -2.34. The number of halogens is 1. The van der Waals surface area contributed by atoms with Crippen molar-refractivity contribution in [3.63, 3.8) is 0 Å². The fourth-order valence-corrected chi connectivity index (χ4v) is 2.61. The highest BCUT2D eigenvalue weighted by Gasteiger charge is 2.21. The number of hydrogen-bond acceptors (Lipinski definition) is 3. The predicted octanol–water partition coefficient (Wildman–Crippen LogP) is 2.09. The van der Waals surface area contributed by atoms with Crippen LogP contribution in [0.5, 0.6) is 0 Å². The second kappa shape index (κ2) is 6.16. The fourth-order valence-electron chi connectivity index (χ4n) is 2.11. The van der Waals surface area contributed by atoms with Gasteiger partial charge < -0.3 is 15.7 Å². The number of amides is 1. The first kappa shape index (κ1) is 14.0. The van der Waals surface area contributed by atoms with Crippen molar-refractivity contribution in [1.82, 2.24) is 5.32 Å². The molecule has 0 spiro atoms. The number of carboxylic acid groups (broad SMARTS) is 1. The van der Waals surface area contributed by atoms with Crippen LogP contribution in [-0.4, -0.2) is 30.1 Å². The maximum Gasteiger partial charge on any atom is 0.335 e. The van der Waals surface area contributed by atoms with Gasteiger partial charge in [-0.2, -0.15) is 0 Å². The molecule has 0 radical (unpaired) electrons. The third kappa shape index (κ3) is 3.78. The minimum absolute atomic E-state index is 0.00601. The lowest BCUT2D eigenvalue weighted by atomic mass is 9.97. The van der Waals surface area contributed by atoms with Crippen LogP contribution in [0, 0.1) is 5.92 Å². The molecule has 0 saturated carbocycles. The summed E-state index contributed by atoms with van der Waals surface area (Å²) in [5.41, 5.74) is 0.658. The number of carbonyl (C=O) groups is 2. The maximum atomic E-state index is 12.1. The van der Waals surface area contributed by atoms with Crippen molar-refractivity contribution in [3.05, 3.63) is 28.2 Å². The molecule has 1 aliphatic heterocycles. The number of benzene rings is 1. The summed E-state index contributed by atoms with van der Waals surface area (Å²) in [5.74, 6) is -1.07. The summed E-state index contributed by atoms with van der Waals surface area (Å²) < 4.78 is 0.632. The van der Waals surface area contributed by atoms with Crippen molar-refractivity contribution in [2.45, 2.75) is 12.8 Å². The van der Waals surface area contributed by atoms with Gasteiger partial charge >= 0.3 is 5.97 Å². The van der Waals surface area contributed by atoms with E-state index in [2.05, 4.69) is 26.6 Å². The number of piperidine rings is 1. The average Bonchev–Trinajstić information content (AvgIpc) is 2.39.